The second-order valence-electron chi connectivity index (χ2n) is 4.99. The Bertz CT molecular complexity index is 485. The topological polar surface area (TPSA) is 20.2 Å². The summed E-state index contributed by atoms with van der Waals surface area (Å²) in [4.78, 5) is 0. The number of rotatable bonds is 4. The van der Waals surface area contributed by atoms with Crippen molar-refractivity contribution in [3.05, 3.63) is 45.5 Å². The predicted octanol–water partition coefficient (Wildman–Crippen LogP) is 4.52. The Kier molecular flexibility index (Phi) is 5.11. The molecule has 4 heteroatoms. The molecule has 0 saturated carbocycles. The minimum absolute atomic E-state index is 0.00838. The first-order valence-electron chi connectivity index (χ1n) is 6.56. The normalized spacial score (nSPS) is 17.2. The molecule has 0 aliphatic heterocycles. The SMILES string of the molecule is OC(CC1=CCCCC1)Cc1c(F)ccc(Br)c1F. The van der Waals surface area contributed by atoms with Crippen molar-refractivity contribution in [1.82, 2.24) is 0 Å². The number of halogens is 3. The zero-order valence-electron chi connectivity index (χ0n) is 10.6. The average molecular weight is 331 g/mol. The van der Waals surface area contributed by atoms with Crippen LogP contribution in [0.1, 0.15) is 37.7 Å². The van der Waals surface area contributed by atoms with Crippen LogP contribution in [-0.2, 0) is 6.42 Å². The molecule has 1 nitrogen and oxygen atoms in total. The molecule has 1 aliphatic rings. The van der Waals surface area contributed by atoms with Crippen molar-refractivity contribution < 1.29 is 13.9 Å². The second-order valence-corrected chi connectivity index (χ2v) is 5.85. The van der Waals surface area contributed by atoms with Gasteiger partial charge in [0, 0.05) is 12.0 Å². The van der Waals surface area contributed by atoms with Crippen molar-refractivity contribution in [3.63, 3.8) is 0 Å². The maximum atomic E-state index is 13.8. The third kappa shape index (κ3) is 3.86. The number of hydrogen-bond acceptors (Lipinski definition) is 1. The van der Waals surface area contributed by atoms with Crippen molar-refractivity contribution in [2.45, 2.75) is 44.6 Å². The van der Waals surface area contributed by atoms with Gasteiger partial charge in [0.15, 0.2) is 0 Å². The summed E-state index contributed by atoms with van der Waals surface area (Å²) in [6.45, 7) is 0. The van der Waals surface area contributed by atoms with Gasteiger partial charge in [0.1, 0.15) is 11.6 Å². The molecule has 1 aromatic carbocycles. The van der Waals surface area contributed by atoms with Crippen LogP contribution < -0.4 is 0 Å². The standard InChI is InChI=1S/C15H17BrF2O/c16-13-6-7-14(17)12(15(13)18)9-11(19)8-10-4-2-1-3-5-10/h4,6-7,11,19H,1-3,5,8-9H2. The lowest BCUT2D eigenvalue weighted by Crippen LogP contribution is -2.15. The van der Waals surface area contributed by atoms with Gasteiger partial charge in [0.2, 0.25) is 0 Å². The van der Waals surface area contributed by atoms with Crippen LogP contribution in [0.2, 0.25) is 0 Å². The Balaban J connectivity index is 2.04. The summed E-state index contributed by atoms with van der Waals surface area (Å²) in [5.74, 6) is -1.21. The molecular formula is C15H17BrF2O. The van der Waals surface area contributed by atoms with E-state index in [1.165, 1.54) is 24.1 Å². The largest absolute Gasteiger partial charge is 0.392 e. The lowest BCUT2D eigenvalue weighted by atomic mass is 9.93. The van der Waals surface area contributed by atoms with E-state index in [1.807, 2.05) is 0 Å². The maximum absolute atomic E-state index is 13.8. The molecule has 0 saturated heterocycles. The van der Waals surface area contributed by atoms with Crippen molar-refractivity contribution in [1.29, 1.82) is 0 Å². The van der Waals surface area contributed by atoms with E-state index in [0.29, 0.717) is 6.42 Å². The maximum Gasteiger partial charge on any atom is 0.143 e. The molecule has 0 aromatic heterocycles. The van der Waals surface area contributed by atoms with E-state index in [-0.39, 0.29) is 16.5 Å². The number of hydrogen-bond donors (Lipinski definition) is 1. The predicted molar refractivity (Wildman–Crippen MR) is 74.9 cm³/mol. The molecule has 1 unspecified atom stereocenters. The molecule has 0 bridgehead atoms. The summed E-state index contributed by atoms with van der Waals surface area (Å²) in [6.07, 6.45) is 6.28. The molecule has 0 radical (unpaired) electrons. The zero-order valence-corrected chi connectivity index (χ0v) is 12.2. The molecule has 1 atom stereocenters. The summed E-state index contributed by atoms with van der Waals surface area (Å²) in [7, 11) is 0. The van der Waals surface area contributed by atoms with Crippen LogP contribution in [0.5, 0.6) is 0 Å². The Labute approximate surface area is 120 Å². The lowest BCUT2D eigenvalue weighted by Gasteiger charge is -2.17. The molecule has 1 N–H and O–H groups in total. The van der Waals surface area contributed by atoms with Crippen LogP contribution in [-0.4, -0.2) is 11.2 Å². The van der Waals surface area contributed by atoms with Crippen LogP contribution in [0.25, 0.3) is 0 Å². The van der Waals surface area contributed by atoms with Crippen LogP contribution >= 0.6 is 15.9 Å². The van der Waals surface area contributed by atoms with Gasteiger partial charge in [-0.1, -0.05) is 11.6 Å². The van der Waals surface area contributed by atoms with Crippen LogP contribution in [0.15, 0.2) is 28.3 Å². The first-order valence-corrected chi connectivity index (χ1v) is 7.35. The van der Waals surface area contributed by atoms with E-state index in [1.54, 1.807) is 0 Å². The van der Waals surface area contributed by atoms with Gasteiger partial charge in [-0.25, -0.2) is 8.78 Å². The Morgan fingerprint density at radius 2 is 2.00 bits per heavy atom. The minimum atomic E-state index is -0.734. The Morgan fingerprint density at radius 1 is 1.21 bits per heavy atom. The monoisotopic (exact) mass is 330 g/mol. The zero-order chi connectivity index (χ0) is 13.8. The highest BCUT2D eigenvalue weighted by Crippen LogP contribution is 2.26. The summed E-state index contributed by atoms with van der Waals surface area (Å²) in [6, 6.07) is 2.55. The van der Waals surface area contributed by atoms with Crippen LogP contribution in [0.4, 0.5) is 8.78 Å². The minimum Gasteiger partial charge on any atom is -0.392 e. The van der Waals surface area contributed by atoms with E-state index in [0.717, 1.165) is 19.3 Å². The number of aliphatic hydroxyl groups excluding tert-OH is 1. The van der Waals surface area contributed by atoms with E-state index in [4.69, 9.17) is 0 Å². The first-order chi connectivity index (χ1) is 9.08. The second kappa shape index (κ2) is 6.62. The summed E-state index contributed by atoms with van der Waals surface area (Å²) >= 11 is 3.03. The van der Waals surface area contributed by atoms with Gasteiger partial charge in [0.05, 0.1) is 10.6 Å². The van der Waals surface area contributed by atoms with Gasteiger partial charge in [0.25, 0.3) is 0 Å². The Morgan fingerprint density at radius 3 is 2.68 bits per heavy atom. The molecule has 19 heavy (non-hydrogen) atoms. The number of aliphatic hydroxyl groups is 1. The summed E-state index contributed by atoms with van der Waals surface area (Å²) in [5.41, 5.74) is 1.16. The third-order valence-corrected chi connectivity index (χ3v) is 4.07. The fourth-order valence-corrected chi connectivity index (χ4v) is 2.83. The fourth-order valence-electron chi connectivity index (χ4n) is 2.46. The van der Waals surface area contributed by atoms with Gasteiger partial charge < -0.3 is 5.11 Å². The third-order valence-electron chi connectivity index (χ3n) is 3.46. The number of benzene rings is 1. The quantitative estimate of drug-likeness (QED) is 0.635. The summed E-state index contributed by atoms with van der Waals surface area (Å²) < 4.78 is 27.6. The summed E-state index contributed by atoms with van der Waals surface area (Å²) in [5, 5.41) is 10.0. The molecule has 0 amide bonds. The molecule has 0 fully saturated rings. The van der Waals surface area contributed by atoms with Crippen molar-refractivity contribution in [3.8, 4) is 0 Å². The first kappa shape index (κ1) is 14.7. The lowest BCUT2D eigenvalue weighted by molar-refractivity contribution is 0.171. The molecule has 104 valence electrons. The molecule has 1 aromatic rings. The fraction of sp³-hybridized carbons (Fsp3) is 0.467. The molecule has 0 spiro atoms. The van der Waals surface area contributed by atoms with Crippen molar-refractivity contribution >= 4 is 15.9 Å². The van der Waals surface area contributed by atoms with Gasteiger partial charge >= 0.3 is 0 Å². The molecular weight excluding hydrogens is 314 g/mol. The van der Waals surface area contributed by atoms with E-state index < -0.39 is 17.7 Å². The average Bonchev–Trinajstić information content (AvgIpc) is 2.40. The van der Waals surface area contributed by atoms with Gasteiger partial charge in [-0.15, -0.1) is 0 Å². The van der Waals surface area contributed by atoms with Crippen LogP contribution in [0, 0.1) is 11.6 Å². The molecule has 0 heterocycles. The van der Waals surface area contributed by atoms with Gasteiger partial charge in [-0.3, -0.25) is 0 Å². The van der Waals surface area contributed by atoms with Crippen LogP contribution in [0.3, 0.4) is 0 Å². The highest BCUT2D eigenvalue weighted by Gasteiger charge is 2.17. The van der Waals surface area contributed by atoms with Crippen molar-refractivity contribution in [2.24, 2.45) is 0 Å². The van der Waals surface area contributed by atoms with E-state index in [2.05, 4.69) is 22.0 Å². The highest BCUT2D eigenvalue weighted by molar-refractivity contribution is 9.10. The van der Waals surface area contributed by atoms with Gasteiger partial charge in [-0.2, -0.15) is 0 Å². The van der Waals surface area contributed by atoms with E-state index in [9.17, 15) is 13.9 Å². The van der Waals surface area contributed by atoms with E-state index >= 15 is 0 Å². The Hall–Kier alpha value is -0.740. The van der Waals surface area contributed by atoms with Gasteiger partial charge in [-0.05, 0) is 60.2 Å². The smallest absolute Gasteiger partial charge is 0.143 e. The molecule has 2 rings (SSSR count). The van der Waals surface area contributed by atoms with Crippen molar-refractivity contribution in [2.75, 3.05) is 0 Å². The highest BCUT2D eigenvalue weighted by atomic mass is 79.9. The number of allylic oxidation sites excluding steroid dienone is 1. The molecule has 1 aliphatic carbocycles.